The number of carbonyl (C=O) groups is 3. The van der Waals surface area contributed by atoms with Gasteiger partial charge in [-0.15, -0.1) is 10.2 Å². The summed E-state index contributed by atoms with van der Waals surface area (Å²) in [5, 5.41) is 20.0. The molecule has 0 bridgehead atoms. The standard InChI is InChI=1S/C21H15N5O3S2/c22-11-13-4-6-14(7-5-13)12-30-21-25-24-20(31-21)23-19(29)15-2-1-3-16(10-15)26-17(27)8-9-18(26)28/h1-7,10H,8-9,12H2,(H,23,24,29). The maximum absolute atomic E-state index is 12.6. The van der Waals surface area contributed by atoms with E-state index >= 15 is 0 Å². The monoisotopic (exact) mass is 449 g/mol. The highest BCUT2D eigenvalue weighted by Gasteiger charge is 2.30. The molecule has 1 saturated heterocycles. The van der Waals surface area contributed by atoms with Crippen LogP contribution in [-0.2, 0) is 15.3 Å². The van der Waals surface area contributed by atoms with Gasteiger partial charge in [-0.2, -0.15) is 5.26 Å². The van der Waals surface area contributed by atoms with Gasteiger partial charge in [-0.25, -0.2) is 0 Å². The van der Waals surface area contributed by atoms with E-state index in [4.69, 9.17) is 5.26 Å². The van der Waals surface area contributed by atoms with Gasteiger partial charge in [-0.05, 0) is 35.9 Å². The molecular weight excluding hydrogens is 434 g/mol. The van der Waals surface area contributed by atoms with Crippen LogP contribution in [0.1, 0.15) is 34.3 Å². The van der Waals surface area contributed by atoms with Crippen LogP contribution in [0.2, 0.25) is 0 Å². The first-order valence-electron chi connectivity index (χ1n) is 9.26. The number of benzene rings is 2. The molecule has 1 aliphatic rings. The summed E-state index contributed by atoms with van der Waals surface area (Å²) < 4.78 is 0.696. The van der Waals surface area contributed by atoms with Gasteiger partial charge in [0.05, 0.1) is 17.3 Å². The van der Waals surface area contributed by atoms with E-state index in [1.54, 1.807) is 30.3 Å². The highest BCUT2D eigenvalue weighted by molar-refractivity contribution is 8.00. The van der Waals surface area contributed by atoms with E-state index in [0.717, 1.165) is 10.5 Å². The normalized spacial score (nSPS) is 13.3. The van der Waals surface area contributed by atoms with Crippen LogP contribution in [0.15, 0.2) is 52.9 Å². The van der Waals surface area contributed by atoms with Crippen molar-refractivity contribution < 1.29 is 14.4 Å². The lowest BCUT2D eigenvalue weighted by Crippen LogP contribution is -2.28. The first kappa shape index (κ1) is 20.7. The Labute approximate surface area is 185 Å². The molecule has 2 aromatic carbocycles. The lowest BCUT2D eigenvalue weighted by Gasteiger charge is -2.14. The number of nitriles is 1. The van der Waals surface area contributed by atoms with Crippen LogP contribution in [0.25, 0.3) is 0 Å². The third-order valence-corrected chi connectivity index (χ3v) is 6.53. The smallest absolute Gasteiger partial charge is 0.257 e. The van der Waals surface area contributed by atoms with Gasteiger partial charge >= 0.3 is 0 Å². The zero-order valence-corrected chi connectivity index (χ0v) is 17.7. The van der Waals surface area contributed by atoms with Crippen molar-refractivity contribution in [1.82, 2.24) is 10.2 Å². The molecule has 3 aromatic rings. The summed E-state index contributed by atoms with van der Waals surface area (Å²) >= 11 is 2.73. The van der Waals surface area contributed by atoms with Crippen LogP contribution in [0.3, 0.4) is 0 Å². The molecule has 0 atom stereocenters. The number of anilines is 2. The topological polar surface area (TPSA) is 116 Å². The Bertz CT molecular complexity index is 1180. The fourth-order valence-electron chi connectivity index (χ4n) is 2.96. The molecule has 4 rings (SSSR count). The van der Waals surface area contributed by atoms with Crippen molar-refractivity contribution >= 4 is 51.6 Å². The average molecular weight is 450 g/mol. The fourth-order valence-corrected chi connectivity index (χ4v) is 4.66. The number of hydrogen-bond donors (Lipinski definition) is 1. The molecule has 10 heteroatoms. The summed E-state index contributed by atoms with van der Waals surface area (Å²) in [5.41, 5.74) is 2.35. The highest BCUT2D eigenvalue weighted by Crippen LogP contribution is 2.29. The van der Waals surface area contributed by atoms with Gasteiger partial charge in [-0.3, -0.25) is 24.6 Å². The number of nitrogens with zero attached hydrogens (tertiary/aromatic N) is 4. The van der Waals surface area contributed by atoms with Gasteiger partial charge < -0.3 is 0 Å². The summed E-state index contributed by atoms with van der Waals surface area (Å²) in [5.74, 6) is -0.277. The summed E-state index contributed by atoms with van der Waals surface area (Å²) in [6, 6.07) is 15.8. The van der Waals surface area contributed by atoms with Gasteiger partial charge in [0.2, 0.25) is 16.9 Å². The minimum atomic E-state index is -0.402. The van der Waals surface area contributed by atoms with Crippen molar-refractivity contribution in [1.29, 1.82) is 5.26 Å². The Balaban J connectivity index is 1.39. The lowest BCUT2D eigenvalue weighted by molar-refractivity contribution is -0.121. The number of amides is 3. The zero-order chi connectivity index (χ0) is 21.8. The maximum Gasteiger partial charge on any atom is 0.257 e. The number of hydrogen-bond acceptors (Lipinski definition) is 8. The van der Waals surface area contributed by atoms with Crippen LogP contribution < -0.4 is 10.2 Å². The van der Waals surface area contributed by atoms with Crippen LogP contribution >= 0.6 is 23.1 Å². The fraction of sp³-hybridized carbons (Fsp3) is 0.143. The third kappa shape index (κ3) is 4.79. The predicted octanol–water partition coefficient (Wildman–Crippen LogP) is 3.61. The minimum Gasteiger partial charge on any atom is -0.296 e. The molecule has 1 aromatic heterocycles. The van der Waals surface area contributed by atoms with E-state index in [2.05, 4.69) is 21.6 Å². The summed E-state index contributed by atoms with van der Waals surface area (Å²) in [7, 11) is 0. The second-order valence-corrected chi connectivity index (χ2v) is 8.80. The number of thioether (sulfide) groups is 1. The van der Waals surface area contributed by atoms with Crippen molar-refractivity contribution in [2.75, 3.05) is 10.2 Å². The largest absolute Gasteiger partial charge is 0.296 e. The Morgan fingerprint density at radius 3 is 2.58 bits per heavy atom. The quantitative estimate of drug-likeness (QED) is 0.347. The predicted molar refractivity (Wildman–Crippen MR) is 117 cm³/mol. The van der Waals surface area contributed by atoms with Crippen molar-refractivity contribution in [3.63, 3.8) is 0 Å². The van der Waals surface area contributed by atoms with Gasteiger partial charge in [0.15, 0.2) is 4.34 Å². The summed E-state index contributed by atoms with van der Waals surface area (Å²) in [6.45, 7) is 0. The van der Waals surface area contributed by atoms with E-state index < -0.39 is 5.91 Å². The molecule has 31 heavy (non-hydrogen) atoms. The highest BCUT2D eigenvalue weighted by atomic mass is 32.2. The molecule has 0 radical (unpaired) electrons. The molecular formula is C21H15N5O3S2. The zero-order valence-electron chi connectivity index (χ0n) is 16.1. The molecule has 0 saturated carbocycles. The van der Waals surface area contributed by atoms with Crippen LogP contribution in [-0.4, -0.2) is 27.9 Å². The molecule has 2 heterocycles. The molecule has 3 amide bonds. The Hall–Kier alpha value is -3.55. The van der Waals surface area contributed by atoms with Crippen molar-refractivity contribution in [3.05, 3.63) is 65.2 Å². The van der Waals surface area contributed by atoms with Gasteiger partial charge in [-0.1, -0.05) is 41.3 Å². The van der Waals surface area contributed by atoms with Crippen molar-refractivity contribution in [2.45, 2.75) is 22.9 Å². The maximum atomic E-state index is 12.6. The molecule has 8 nitrogen and oxygen atoms in total. The summed E-state index contributed by atoms with van der Waals surface area (Å²) in [4.78, 5) is 37.6. The second-order valence-electron chi connectivity index (χ2n) is 6.60. The molecule has 1 N–H and O–H groups in total. The van der Waals surface area contributed by atoms with E-state index in [0.29, 0.717) is 32.0 Å². The number of imide groups is 1. The minimum absolute atomic E-state index is 0.183. The van der Waals surface area contributed by atoms with Crippen LogP contribution in [0.5, 0.6) is 0 Å². The molecule has 1 fully saturated rings. The van der Waals surface area contributed by atoms with Crippen molar-refractivity contribution in [3.8, 4) is 6.07 Å². The van der Waals surface area contributed by atoms with E-state index in [1.807, 2.05) is 12.1 Å². The van der Waals surface area contributed by atoms with Gasteiger partial charge in [0.1, 0.15) is 0 Å². The van der Waals surface area contributed by atoms with E-state index in [9.17, 15) is 14.4 Å². The van der Waals surface area contributed by atoms with Crippen LogP contribution in [0, 0.1) is 11.3 Å². The molecule has 0 spiro atoms. The molecule has 0 unspecified atom stereocenters. The van der Waals surface area contributed by atoms with Crippen LogP contribution in [0.4, 0.5) is 10.8 Å². The average Bonchev–Trinajstić information content (AvgIpc) is 3.38. The second kappa shape index (κ2) is 9.07. The number of rotatable bonds is 6. The summed E-state index contributed by atoms with van der Waals surface area (Å²) in [6.07, 6.45) is 0.367. The molecule has 1 aliphatic heterocycles. The van der Waals surface area contributed by atoms with Gasteiger partial charge in [0, 0.05) is 24.2 Å². The number of aromatic nitrogens is 2. The first-order valence-corrected chi connectivity index (χ1v) is 11.1. The third-order valence-electron chi connectivity index (χ3n) is 4.49. The lowest BCUT2D eigenvalue weighted by atomic mass is 10.2. The first-order chi connectivity index (χ1) is 15.0. The van der Waals surface area contributed by atoms with E-state index in [1.165, 1.54) is 29.2 Å². The number of carbonyl (C=O) groups excluding carboxylic acids is 3. The van der Waals surface area contributed by atoms with Crippen molar-refractivity contribution in [2.24, 2.45) is 0 Å². The molecule has 154 valence electrons. The Kier molecular flexibility index (Phi) is 6.06. The Morgan fingerprint density at radius 2 is 1.87 bits per heavy atom. The molecule has 0 aliphatic carbocycles. The Morgan fingerprint density at radius 1 is 1.13 bits per heavy atom. The number of nitrogens with one attached hydrogen (secondary N) is 1. The SMILES string of the molecule is N#Cc1ccc(CSc2nnc(NC(=O)c3cccc(N4C(=O)CCC4=O)c3)s2)cc1. The van der Waals surface area contributed by atoms with Gasteiger partial charge in [0.25, 0.3) is 5.91 Å². The van der Waals surface area contributed by atoms with E-state index in [-0.39, 0.29) is 24.7 Å².